The van der Waals surface area contributed by atoms with Gasteiger partial charge in [-0.3, -0.25) is 4.79 Å². The summed E-state index contributed by atoms with van der Waals surface area (Å²) in [6.45, 7) is 2.75. The number of benzene rings is 1. The lowest BCUT2D eigenvalue weighted by Crippen LogP contribution is -2.54. The smallest absolute Gasteiger partial charge is 0.330 e. The molecule has 0 bridgehead atoms. The Morgan fingerprint density at radius 1 is 1.36 bits per heavy atom. The number of nitrogens with one attached hydrogen (secondary N) is 1. The fourth-order valence-electron chi connectivity index (χ4n) is 2.21. The fraction of sp³-hybridized carbons (Fsp3) is 0.500. The first-order chi connectivity index (χ1) is 10.6. The molecular formula is C16H21NO4S. The number of hydrogen-bond acceptors (Lipinski definition) is 4. The summed E-state index contributed by atoms with van der Waals surface area (Å²) in [5, 5.41) is 12.1. The predicted molar refractivity (Wildman–Crippen MR) is 86.6 cm³/mol. The standard InChI is InChI=1S/C16H21NO4S/c1-2-3-9-21-13-6-4-12(5-7-13)14(18)17-16(15(19)20)8-10-22-11-16/h4-7H,2-3,8-11H2,1H3,(H,17,18)(H,19,20). The second kappa shape index (κ2) is 7.54. The van der Waals surface area contributed by atoms with Gasteiger partial charge in [-0.25, -0.2) is 4.79 Å². The van der Waals surface area contributed by atoms with Crippen LogP contribution in [0.15, 0.2) is 24.3 Å². The summed E-state index contributed by atoms with van der Waals surface area (Å²) in [5.74, 6) is 0.549. The lowest BCUT2D eigenvalue weighted by molar-refractivity contribution is -0.143. The number of amides is 1. The third-order valence-corrected chi connectivity index (χ3v) is 4.86. The van der Waals surface area contributed by atoms with Gasteiger partial charge in [-0.05, 0) is 42.9 Å². The molecule has 0 spiro atoms. The van der Waals surface area contributed by atoms with Crippen molar-refractivity contribution in [3.05, 3.63) is 29.8 Å². The molecule has 1 unspecified atom stereocenters. The molecule has 0 radical (unpaired) electrons. The lowest BCUT2D eigenvalue weighted by atomic mass is 9.98. The number of rotatable bonds is 7. The third-order valence-electron chi connectivity index (χ3n) is 3.67. The van der Waals surface area contributed by atoms with Crippen LogP contribution in [-0.4, -0.2) is 40.6 Å². The van der Waals surface area contributed by atoms with E-state index in [9.17, 15) is 14.7 Å². The van der Waals surface area contributed by atoms with Crippen LogP contribution in [0.1, 0.15) is 36.5 Å². The summed E-state index contributed by atoms with van der Waals surface area (Å²) in [6, 6.07) is 6.80. The van der Waals surface area contributed by atoms with Gasteiger partial charge in [0.05, 0.1) is 6.61 Å². The number of carboxylic acid groups (broad SMARTS) is 1. The van der Waals surface area contributed by atoms with Crippen molar-refractivity contribution in [1.29, 1.82) is 0 Å². The Hall–Kier alpha value is -1.69. The molecule has 1 saturated heterocycles. The Morgan fingerprint density at radius 2 is 2.09 bits per heavy atom. The van der Waals surface area contributed by atoms with Crippen LogP contribution in [0, 0.1) is 0 Å². The number of carbonyl (C=O) groups excluding carboxylic acids is 1. The molecule has 6 heteroatoms. The molecule has 1 aliphatic rings. The quantitative estimate of drug-likeness (QED) is 0.754. The largest absolute Gasteiger partial charge is 0.494 e. The molecule has 2 rings (SSSR count). The molecular weight excluding hydrogens is 302 g/mol. The first-order valence-electron chi connectivity index (χ1n) is 7.44. The van der Waals surface area contributed by atoms with Gasteiger partial charge in [0.2, 0.25) is 0 Å². The second-order valence-corrected chi connectivity index (χ2v) is 6.48. The van der Waals surface area contributed by atoms with Crippen molar-refractivity contribution < 1.29 is 19.4 Å². The maximum atomic E-state index is 12.3. The molecule has 1 aromatic rings. The van der Waals surface area contributed by atoms with E-state index in [-0.39, 0.29) is 5.91 Å². The van der Waals surface area contributed by atoms with Crippen LogP contribution in [0.25, 0.3) is 0 Å². The first kappa shape index (κ1) is 16.7. The Labute approximate surface area is 134 Å². The molecule has 1 heterocycles. The summed E-state index contributed by atoms with van der Waals surface area (Å²) < 4.78 is 5.54. The van der Waals surface area contributed by atoms with Gasteiger partial charge in [0, 0.05) is 11.3 Å². The van der Waals surface area contributed by atoms with E-state index in [0.717, 1.165) is 24.3 Å². The predicted octanol–water partition coefficient (Wildman–Crippen LogP) is 2.56. The number of unbranched alkanes of at least 4 members (excludes halogenated alkanes) is 1. The zero-order chi connectivity index (χ0) is 16.0. The fourth-order valence-corrected chi connectivity index (χ4v) is 3.54. The van der Waals surface area contributed by atoms with E-state index in [1.54, 1.807) is 36.0 Å². The highest BCUT2D eigenvalue weighted by atomic mass is 32.2. The molecule has 5 nitrogen and oxygen atoms in total. The van der Waals surface area contributed by atoms with E-state index in [1.807, 2.05) is 0 Å². The van der Waals surface area contributed by atoms with E-state index in [0.29, 0.717) is 24.3 Å². The van der Waals surface area contributed by atoms with Crippen molar-refractivity contribution >= 4 is 23.6 Å². The summed E-state index contributed by atoms with van der Waals surface area (Å²) in [4.78, 5) is 23.7. The Balaban J connectivity index is 1.99. The Morgan fingerprint density at radius 3 is 2.64 bits per heavy atom. The highest BCUT2D eigenvalue weighted by Crippen LogP contribution is 2.28. The normalized spacial score (nSPS) is 20.6. The van der Waals surface area contributed by atoms with Crippen molar-refractivity contribution in [2.45, 2.75) is 31.7 Å². The van der Waals surface area contributed by atoms with E-state index in [1.165, 1.54) is 0 Å². The molecule has 1 amide bonds. The van der Waals surface area contributed by atoms with Crippen LogP contribution >= 0.6 is 11.8 Å². The van der Waals surface area contributed by atoms with Gasteiger partial charge in [0.15, 0.2) is 0 Å². The van der Waals surface area contributed by atoms with Crippen molar-refractivity contribution in [1.82, 2.24) is 5.32 Å². The average molecular weight is 323 g/mol. The van der Waals surface area contributed by atoms with Gasteiger partial charge < -0.3 is 15.2 Å². The molecule has 120 valence electrons. The summed E-state index contributed by atoms with van der Waals surface area (Å²) in [7, 11) is 0. The maximum Gasteiger partial charge on any atom is 0.330 e. The molecule has 1 aliphatic heterocycles. The van der Waals surface area contributed by atoms with Crippen LogP contribution in [-0.2, 0) is 4.79 Å². The van der Waals surface area contributed by atoms with E-state index < -0.39 is 11.5 Å². The minimum Gasteiger partial charge on any atom is -0.494 e. The highest BCUT2D eigenvalue weighted by Gasteiger charge is 2.43. The van der Waals surface area contributed by atoms with Crippen LogP contribution in [0.2, 0.25) is 0 Å². The molecule has 0 aliphatic carbocycles. The van der Waals surface area contributed by atoms with Gasteiger partial charge in [-0.1, -0.05) is 13.3 Å². The molecule has 1 fully saturated rings. The van der Waals surface area contributed by atoms with Gasteiger partial charge in [-0.15, -0.1) is 0 Å². The van der Waals surface area contributed by atoms with E-state index in [4.69, 9.17) is 4.74 Å². The summed E-state index contributed by atoms with van der Waals surface area (Å²) in [5.41, 5.74) is -0.696. The van der Waals surface area contributed by atoms with Gasteiger partial charge >= 0.3 is 5.97 Å². The number of thioether (sulfide) groups is 1. The molecule has 1 atom stereocenters. The topological polar surface area (TPSA) is 75.6 Å². The van der Waals surface area contributed by atoms with Crippen molar-refractivity contribution in [2.24, 2.45) is 0 Å². The number of carbonyl (C=O) groups is 2. The number of hydrogen-bond donors (Lipinski definition) is 2. The van der Waals surface area contributed by atoms with Crippen molar-refractivity contribution in [3.63, 3.8) is 0 Å². The SMILES string of the molecule is CCCCOc1ccc(C(=O)NC2(C(=O)O)CCSC2)cc1. The number of ether oxygens (including phenoxy) is 1. The molecule has 2 N–H and O–H groups in total. The lowest BCUT2D eigenvalue weighted by Gasteiger charge is -2.24. The van der Waals surface area contributed by atoms with Crippen molar-refractivity contribution in [2.75, 3.05) is 18.1 Å². The Bertz CT molecular complexity index is 523. The van der Waals surface area contributed by atoms with Crippen LogP contribution in [0.3, 0.4) is 0 Å². The summed E-state index contributed by atoms with van der Waals surface area (Å²) >= 11 is 1.54. The van der Waals surface area contributed by atoms with Crippen LogP contribution in [0.5, 0.6) is 5.75 Å². The molecule has 0 aromatic heterocycles. The maximum absolute atomic E-state index is 12.3. The summed E-state index contributed by atoms with van der Waals surface area (Å²) in [6.07, 6.45) is 2.51. The van der Waals surface area contributed by atoms with Crippen molar-refractivity contribution in [3.8, 4) is 5.75 Å². The van der Waals surface area contributed by atoms with E-state index >= 15 is 0 Å². The van der Waals surface area contributed by atoms with Gasteiger partial charge in [-0.2, -0.15) is 11.8 Å². The van der Waals surface area contributed by atoms with Crippen LogP contribution < -0.4 is 10.1 Å². The number of aliphatic carboxylic acids is 1. The molecule has 22 heavy (non-hydrogen) atoms. The second-order valence-electron chi connectivity index (χ2n) is 5.37. The third kappa shape index (κ3) is 3.94. The van der Waals surface area contributed by atoms with Crippen LogP contribution in [0.4, 0.5) is 0 Å². The zero-order valence-corrected chi connectivity index (χ0v) is 13.4. The highest BCUT2D eigenvalue weighted by molar-refractivity contribution is 7.99. The average Bonchev–Trinajstić information content (AvgIpc) is 2.98. The zero-order valence-electron chi connectivity index (χ0n) is 12.6. The van der Waals surface area contributed by atoms with Gasteiger partial charge in [0.1, 0.15) is 11.3 Å². The van der Waals surface area contributed by atoms with Gasteiger partial charge in [0.25, 0.3) is 5.91 Å². The first-order valence-corrected chi connectivity index (χ1v) is 8.59. The molecule has 0 saturated carbocycles. The molecule has 1 aromatic carbocycles. The number of carboxylic acids is 1. The van der Waals surface area contributed by atoms with E-state index in [2.05, 4.69) is 12.2 Å². The monoisotopic (exact) mass is 323 g/mol. The Kier molecular flexibility index (Phi) is 5.71. The minimum absolute atomic E-state index is 0.356. The minimum atomic E-state index is -1.14.